The van der Waals surface area contributed by atoms with Crippen molar-refractivity contribution in [2.45, 2.75) is 19.3 Å². The summed E-state index contributed by atoms with van der Waals surface area (Å²) in [4.78, 5) is 14.3. The number of ether oxygens (including phenoxy) is 1. The van der Waals surface area contributed by atoms with E-state index < -0.39 is 5.82 Å². The molecule has 1 aliphatic heterocycles. The first-order chi connectivity index (χ1) is 10.2. The number of rotatable bonds is 3. The predicted octanol–water partition coefficient (Wildman–Crippen LogP) is 3.45. The van der Waals surface area contributed by atoms with E-state index >= 15 is 0 Å². The normalized spacial score (nSPS) is 15.0. The van der Waals surface area contributed by atoms with Gasteiger partial charge in [0.25, 0.3) is 0 Å². The van der Waals surface area contributed by atoms with Crippen LogP contribution in [0.15, 0.2) is 24.3 Å². The van der Waals surface area contributed by atoms with Gasteiger partial charge >= 0.3 is 6.01 Å². The SMILES string of the molecule is Fc1ccccc1Oc1nc(Cl)nc(N2CCCCC2)n1. The van der Waals surface area contributed by atoms with Crippen LogP contribution in [0.25, 0.3) is 0 Å². The van der Waals surface area contributed by atoms with E-state index in [1.807, 2.05) is 4.90 Å². The summed E-state index contributed by atoms with van der Waals surface area (Å²) in [5, 5.41) is 0.0388. The van der Waals surface area contributed by atoms with Crippen LogP contribution in [-0.4, -0.2) is 28.0 Å². The van der Waals surface area contributed by atoms with Gasteiger partial charge in [-0.2, -0.15) is 15.0 Å². The Bertz CT molecular complexity index is 634. The highest BCUT2D eigenvalue weighted by atomic mass is 35.5. The minimum atomic E-state index is -0.478. The van der Waals surface area contributed by atoms with E-state index in [0.29, 0.717) is 5.95 Å². The number of para-hydroxylation sites is 1. The molecule has 0 amide bonds. The minimum absolute atomic E-state index is 0.000624. The fraction of sp³-hybridized carbons (Fsp3) is 0.357. The van der Waals surface area contributed by atoms with E-state index in [1.165, 1.54) is 18.6 Å². The molecule has 0 bridgehead atoms. The first kappa shape index (κ1) is 14.0. The lowest BCUT2D eigenvalue weighted by Crippen LogP contribution is -2.31. The van der Waals surface area contributed by atoms with Crippen LogP contribution in [0.4, 0.5) is 10.3 Å². The molecule has 5 nitrogen and oxygen atoms in total. The van der Waals surface area contributed by atoms with E-state index in [0.717, 1.165) is 25.9 Å². The summed E-state index contributed by atoms with van der Waals surface area (Å²) >= 11 is 5.91. The van der Waals surface area contributed by atoms with Gasteiger partial charge in [0.15, 0.2) is 11.6 Å². The van der Waals surface area contributed by atoms with Crippen molar-refractivity contribution >= 4 is 17.5 Å². The number of piperidine rings is 1. The van der Waals surface area contributed by atoms with Crippen LogP contribution < -0.4 is 9.64 Å². The first-order valence-corrected chi connectivity index (χ1v) is 7.19. The average Bonchev–Trinajstić information content (AvgIpc) is 2.50. The largest absolute Gasteiger partial charge is 0.421 e. The number of anilines is 1. The van der Waals surface area contributed by atoms with Crippen molar-refractivity contribution in [2.75, 3.05) is 18.0 Å². The molecular weight excluding hydrogens is 295 g/mol. The number of hydrogen-bond donors (Lipinski definition) is 0. The molecule has 110 valence electrons. The molecule has 0 spiro atoms. The summed E-state index contributed by atoms with van der Waals surface area (Å²) in [5.41, 5.74) is 0. The summed E-state index contributed by atoms with van der Waals surface area (Å²) in [6.45, 7) is 1.75. The number of benzene rings is 1. The second kappa shape index (κ2) is 6.22. The topological polar surface area (TPSA) is 51.1 Å². The molecule has 1 fully saturated rings. The molecule has 1 aliphatic rings. The molecule has 1 saturated heterocycles. The van der Waals surface area contributed by atoms with Crippen LogP contribution in [0.2, 0.25) is 5.28 Å². The first-order valence-electron chi connectivity index (χ1n) is 6.81. The monoisotopic (exact) mass is 308 g/mol. The van der Waals surface area contributed by atoms with Crippen LogP contribution in [0.1, 0.15) is 19.3 Å². The van der Waals surface area contributed by atoms with Crippen LogP contribution in [-0.2, 0) is 0 Å². The smallest absolute Gasteiger partial charge is 0.328 e. The maximum Gasteiger partial charge on any atom is 0.328 e. The Balaban J connectivity index is 1.85. The van der Waals surface area contributed by atoms with E-state index in [2.05, 4.69) is 15.0 Å². The van der Waals surface area contributed by atoms with E-state index in [9.17, 15) is 4.39 Å². The van der Waals surface area contributed by atoms with E-state index in [1.54, 1.807) is 12.1 Å². The van der Waals surface area contributed by atoms with Gasteiger partial charge in [0.2, 0.25) is 11.2 Å². The summed E-state index contributed by atoms with van der Waals surface area (Å²) in [6, 6.07) is 6.08. The van der Waals surface area contributed by atoms with Crippen molar-refractivity contribution < 1.29 is 9.13 Å². The minimum Gasteiger partial charge on any atom is -0.421 e. The highest BCUT2D eigenvalue weighted by molar-refractivity contribution is 6.28. The molecule has 1 aromatic carbocycles. The molecule has 1 aromatic heterocycles. The Kier molecular flexibility index (Phi) is 4.15. The van der Waals surface area contributed by atoms with Gasteiger partial charge in [-0.1, -0.05) is 12.1 Å². The third-order valence-electron chi connectivity index (χ3n) is 3.25. The van der Waals surface area contributed by atoms with Gasteiger partial charge in [0.1, 0.15) is 0 Å². The molecule has 7 heteroatoms. The lowest BCUT2D eigenvalue weighted by atomic mass is 10.1. The number of hydrogen-bond acceptors (Lipinski definition) is 5. The van der Waals surface area contributed by atoms with Gasteiger partial charge in [0, 0.05) is 13.1 Å². The quantitative estimate of drug-likeness (QED) is 0.869. The fourth-order valence-corrected chi connectivity index (χ4v) is 2.38. The van der Waals surface area contributed by atoms with Crippen molar-refractivity contribution in [1.82, 2.24) is 15.0 Å². The van der Waals surface area contributed by atoms with Crippen LogP contribution in [0, 0.1) is 5.82 Å². The van der Waals surface area contributed by atoms with Gasteiger partial charge in [-0.3, -0.25) is 0 Å². The standard InChI is InChI=1S/C14H14ClFN4O/c15-12-17-13(20-8-4-1-5-9-20)19-14(18-12)21-11-7-3-2-6-10(11)16/h2-3,6-7H,1,4-5,8-9H2. The van der Waals surface area contributed by atoms with Gasteiger partial charge in [0.05, 0.1) is 0 Å². The third-order valence-corrected chi connectivity index (χ3v) is 3.42. The Morgan fingerprint density at radius 3 is 2.57 bits per heavy atom. The van der Waals surface area contributed by atoms with E-state index in [-0.39, 0.29) is 17.0 Å². The van der Waals surface area contributed by atoms with Gasteiger partial charge in [-0.15, -0.1) is 0 Å². The maximum atomic E-state index is 13.6. The zero-order valence-corrected chi connectivity index (χ0v) is 12.1. The Morgan fingerprint density at radius 2 is 1.81 bits per heavy atom. The zero-order chi connectivity index (χ0) is 14.7. The predicted molar refractivity (Wildman–Crippen MR) is 77.4 cm³/mol. The van der Waals surface area contributed by atoms with Crippen LogP contribution in [0.5, 0.6) is 11.8 Å². The molecule has 2 aromatic rings. The maximum absolute atomic E-state index is 13.6. The zero-order valence-electron chi connectivity index (χ0n) is 11.3. The van der Waals surface area contributed by atoms with Crippen molar-refractivity contribution in [3.05, 3.63) is 35.4 Å². The molecular formula is C14H14ClFN4O. The van der Waals surface area contributed by atoms with Gasteiger partial charge < -0.3 is 9.64 Å². The molecule has 0 atom stereocenters. The molecule has 0 unspecified atom stereocenters. The Morgan fingerprint density at radius 1 is 1.05 bits per heavy atom. The molecule has 0 N–H and O–H groups in total. The second-order valence-electron chi connectivity index (χ2n) is 4.77. The molecule has 0 aliphatic carbocycles. The summed E-state index contributed by atoms with van der Waals surface area (Å²) in [5.74, 6) is 0.0546. The lowest BCUT2D eigenvalue weighted by molar-refractivity contribution is 0.408. The van der Waals surface area contributed by atoms with Gasteiger partial charge in [-0.25, -0.2) is 4.39 Å². The van der Waals surface area contributed by atoms with Crippen molar-refractivity contribution in [3.8, 4) is 11.8 Å². The third kappa shape index (κ3) is 3.39. The molecule has 2 heterocycles. The van der Waals surface area contributed by atoms with Crippen molar-refractivity contribution in [3.63, 3.8) is 0 Å². The molecule has 0 saturated carbocycles. The van der Waals surface area contributed by atoms with Gasteiger partial charge in [-0.05, 0) is 43.0 Å². The second-order valence-corrected chi connectivity index (χ2v) is 5.11. The summed E-state index contributed by atoms with van der Waals surface area (Å²) < 4.78 is 19.0. The molecule has 0 radical (unpaired) electrons. The Labute approximate surface area is 126 Å². The highest BCUT2D eigenvalue weighted by Crippen LogP contribution is 2.24. The number of halogens is 2. The summed E-state index contributed by atoms with van der Waals surface area (Å²) in [7, 11) is 0. The average molecular weight is 309 g/mol. The highest BCUT2D eigenvalue weighted by Gasteiger charge is 2.17. The van der Waals surface area contributed by atoms with Crippen LogP contribution in [0.3, 0.4) is 0 Å². The van der Waals surface area contributed by atoms with E-state index in [4.69, 9.17) is 16.3 Å². The fourth-order valence-electron chi connectivity index (χ4n) is 2.23. The molecule has 3 rings (SSSR count). The van der Waals surface area contributed by atoms with Crippen molar-refractivity contribution in [2.24, 2.45) is 0 Å². The lowest BCUT2D eigenvalue weighted by Gasteiger charge is -2.26. The Hall–Kier alpha value is -1.95. The molecule has 21 heavy (non-hydrogen) atoms. The summed E-state index contributed by atoms with van der Waals surface area (Å²) in [6.07, 6.45) is 3.38. The van der Waals surface area contributed by atoms with Crippen molar-refractivity contribution in [1.29, 1.82) is 0 Å². The number of aromatic nitrogens is 3. The number of nitrogens with zero attached hydrogens (tertiary/aromatic N) is 4. The van der Waals surface area contributed by atoms with Crippen LogP contribution >= 0.6 is 11.6 Å².